The van der Waals surface area contributed by atoms with Crippen LogP contribution in [0.1, 0.15) is 13.3 Å². The molecule has 0 spiro atoms. The van der Waals surface area contributed by atoms with Crippen LogP contribution in [-0.4, -0.2) is 23.7 Å². The van der Waals surface area contributed by atoms with Crippen molar-refractivity contribution in [3.63, 3.8) is 0 Å². The summed E-state index contributed by atoms with van der Waals surface area (Å²) >= 11 is 0. The molecule has 5 unspecified atom stereocenters. The Hall–Kier alpha value is 0.700. The zero-order valence-corrected chi connectivity index (χ0v) is 10.6. The van der Waals surface area contributed by atoms with E-state index in [1.165, 1.54) is 0 Å². The first kappa shape index (κ1) is 12.7. The lowest BCUT2D eigenvalue weighted by atomic mass is 10.1. The lowest BCUT2D eigenvalue weighted by Crippen LogP contribution is -2.33. The molecule has 0 bridgehead atoms. The van der Waals surface area contributed by atoms with Crippen LogP contribution in [-0.2, 0) is 4.74 Å². The van der Waals surface area contributed by atoms with Gasteiger partial charge in [0.25, 0.3) is 0 Å². The minimum atomic E-state index is -0.333. The van der Waals surface area contributed by atoms with Crippen molar-refractivity contribution in [1.29, 1.82) is 5.26 Å². The molecule has 0 aliphatic heterocycles. The molecule has 0 saturated heterocycles. The average molecular weight is 224 g/mol. The molecule has 0 fully saturated rings. The maximum Gasteiger partial charge on any atom is 0.159 e. The molecule has 0 aromatic rings. The zero-order valence-electron chi connectivity index (χ0n) is 7.32. The summed E-state index contributed by atoms with van der Waals surface area (Å²) in [6.45, 7) is 2.05. The van der Waals surface area contributed by atoms with Crippen molar-refractivity contribution in [2.75, 3.05) is 7.11 Å². The summed E-state index contributed by atoms with van der Waals surface area (Å²) in [5.74, 6) is 0. The van der Waals surface area contributed by atoms with Gasteiger partial charge in [-0.25, -0.2) is 0 Å². The van der Waals surface area contributed by atoms with Gasteiger partial charge in [0, 0.05) is 7.11 Å². The molecule has 0 N–H and O–H groups in total. The summed E-state index contributed by atoms with van der Waals surface area (Å²) in [6.07, 6.45) is 0.581. The van der Waals surface area contributed by atoms with Gasteiger partial charge in [0.1, 0.15) is 0 Å². The van der Waals surface area contributed by atoms with Crippen LogP contribution in [0.2, 0.25) is 0 Å². The Labute approximate surface area is 80.4 Å². The Balaban J connectivity index is 4.22. The third-order valence-corrected chi connectivity index (χ3v) is 4.90. The average Bonchev–Trinajstić information content (AvgIpc) is 2.12. The highest BCUT2D eigenvalue weighted by Crippen LogP contribution is 2.35. The second-order valence-corrected chi connectivity index (χ2v) is 4.92. The highest BCUT2D eigenvalue weighted by molar-refractivity contribution is 8.02. The van der Waals surface area contributed by atoms with E-state index in [9.17, 15) is 0 Å². The van der Waals surface area contributed by atoms with Crippen molar-refractivity contribution in [3.05, 3.63) is 0 Å². The smallest absolute Gasteiger partial charge is 0.159 e. The molecule has 0 aliphatic carbocycles. The fourth-order valence-electron chi connectivity index (χ4n) is 0.948. The predicted octanol–water partition coefficient (Wildman–Crippen LogP) is 1.78. The van der Waals surface area contributed by atoms with Gasteiger partial charge in [-0.1, -0.05) is 25.2 Å². The Morgan fingerprint density at radius 1 is 1.75 bits per heavy atom. The van der Waals surface area contributed by atoms with Crippen LogP contribution in [0, 0.1) is 11.3 Å². The molecule has 0 amide bonds. The molecular weight excluding hydrogens is 209 g/mol. The van der Waals surface area contributed by atoms with E-state index in [-0.39, 0.29) is 12.1 Å². The van der Waals surface area contributed by atoms with Crippen molar-refractivity contribution >= 4 is 26.7 Å². The molecule has 0 saturated carbocycles. The Kier molecular flexibility index (Phi) is 7.55. The van der Waals surface area contributed by atoms with Crippen molar-refractivity contribution in [2.45, 2.75) is 25.5 Å². The maximum atomic E-state index is 8.76. The van der Waals surface area contributed by atoms with Gasteiger partial charge < -0.3 is 4.74 Å². The largest absolute Gasteiger partial charge is 0.365 e. The van der Waals surface area contributed by atoms with Gasteiger partial charge in [-0.3, -0.25) is 4.44 Å². The fourth-order valence-corrected chi connectivity index (χ4v) is 2.40. The summed E-state index contributed by atoms with van der Waals surface area (Å²) in [5, 5.41) is 8.76. The Bertz CT molecular complexity index is 161. The van der Waals surface area contributed by atoms with E-state index in [0.717, 1.165) is 6.42 Å². The van der Waals surface area contributed by atoms with Gasteiger partial charge in [-0.2, -0.15) is 5.26 Å². The van der Waals surface area contributed by atoms with Gasteiger partial charge in [0.05, 0.1) is 12.1 Å². The molecule has 3 nitrogen and oxygen atoms in total. The molecule has 0 aromatic heterocycles. The minimum Gasteiger partial charge on any atom is -0.365 e. The lowest BCUT2D eigenvalue weighted by Gasteiger charge is -2.27. The Morgan fingerprint density at radius 2 is 2.33 bits per heavy atom. The number of rotatable bonds is 5. The molecule has 0 radical (unpaired) electrons. The van der Waals surface area contributed by atoms with Gasteiger partial charge >= 0.3 is 0 Å². The number of hydrogen-bond donors (Lipinski definition) is 0. The summed E-state index contributed by atoms with van der Waals surface area (Å²) < 4.78 is 7.10. The van der Waals surface area contributed by atoms with Crippen molar-refractivity contribution < 1.29 is 4.74 Å². The summed E-state index contributed by atoms with van der Waals surface area (Å²) in [4.78, 5) is 0. The van der Waals surface area contributed by atoms with E-state index < -0.39 is 0 Å². The van der Waals surface area contributed by atoms with Crippen LogP contribution >= 0.6 is 26.7 Å². The Morgan fingerprint density at radius 3 is 2.58 bits per heavy atom. The van der Waals surface area contributed by atoms with E-state index >= 15 is 0 Å². The van der Waals surface area contributed by atoms with Crippen molar-refractivity contribution in [3.8, 4) is 6.07 Å². The summed E-state index contributed by atoms with van der Waals surface area (Å²) in [6, 6.07) is 2.30. The molecule has 0 aliphatic rings. The zero-order chi connectivity index (χ0) is 9.56. The van der Waals surface area contributed by atoms with Crippen LogP contribution in [0.25, 0.3) is 0 Å². The molecule has 0 aromatic carbocycles. The molecule has 0 heterocycles. The highest BCUT2D eigenvalue weighted by atomic mass is 32.0. The van der Waals surface area contributed by atoms with Crippen molar-refractivity contribution in [1.82, 2.24) is 4.44 Å². The van der Waals surface area contributed by atoms with Crippen LogP contribution < -0.4 is 0 Å². The second kappa shape index (κ2) is 7.14. The predicted molar refractivity (Wildman–Crippen MR) is 60.1 cm³/mol. The quantitative estimate of drug-likeness (QED) is 0.668. The van der Waals surface area contributed by atoms with E-state index in [2.05, 4.69) is 31.3 Å². The summed E-state index contributed by atoms with van der Waals surface area (Å²) in [5.41, 5.74) is 0. The third-order valence-electron chi connectivity index (χ3n) is 1.66. The van der Waals surface area contributed by atoms with E-state index in [1.54, 1.807) is 7.11 Å². The summed E-state index contributed by atoms with van der Waals surface area (Å²) in [7, 11) is 7.43. The fraction of sp³-hybridized carbons (Fsp3) is 0.833. The topological polar surface area (TPSA) is 36.3 Å². The number of hydrogen-bond acceptors (Lipinski definition) is 3. The molecule has 12 heavy (non-hydrogen) atoms. The normalized spacial score (nSPS) is 16.7. The minimum absolute atomic E-state index is 0.167. The van der Waals surface area contributed by atoms with Gasteiger partial charge in [-0.05, 0) is 14.8 Å². The molecule has 0 rings (SSSR count). The van der Waals surface area contributed by atoms with Gasteiger partial charge in [0.15, 0.2) is 6.10 Å². The van der Waals surface area contributed by atoms with E-state index in [1.807, 2.05) is 4.44 Å². The van der Waals surface area contributed by atoms with E-state index in [4.69, 9.17) is 10.00 Å². The first-order valence-electron chi connectivity index (χ1n) is 3.63. The number of ether oxygens (including phenoxy) is 1. The van der Waals surface area contributed by atoms with Crippen LogP contribution in [0.4, 0.5) is 0 Å². The van der Waals surface area contributed by atoms with E-state index in [0.29, 0.717) is 8.42 Å². The number of nitrogens with zero attached hydrogens (tertiary/aromatic N) is 2. The highest BCUT2D eigenvalue weighted by Gasteiger charge is 2.22. The molecule has 70 valence electrons. The molecular formula is C6H15N2OP3. The molecule has 6 heteroatoms. The first-order valence-corrected chi connectivity index (χ1v) is 6.91. The van der Waals surface area contributed by atoms with Crippen LogP contribution in [0.3, 0.4) is 0 Å². The van der Waals surface area contributed by atoms with Crippen molar-refractivity contribution in [2.24, 2.45) is 0 Å². The van der Waals surface area contributed by atoms with Crippen LogP contribution in [0.15, 0.2) is 0 Å². The van der Waals surface area contributed by atoms with Gasteiger partial charge in [-0.15, -0.1) is 0 Å². The first-order chi connectivity index (χ1) is 5.71. The van der Waals surface area contributed by atoms with Crippen LogP contribution in [0.5, 0.6) is 0 Å². The maximum absolute atomic E-state index is 8.76. The monoisotopic (exact) mass is 224 g/mol. The molecule has 5 atom stereocenters. The standard InChI is InChI=1S/C6H15N2OP3/c1-3-5(8(10)12-11)6(4-7)9-2/h5-6,12H,3,10-11H2,1-2H3. The third kappa shape index (κ3) is 3.61. The second-order valence-electron chi connectivity index (χ2n) is 2.30. The number of methoxy groups -OCH3 is 1. The lowest BCUT2D eigenvalue weighted by molar-refractivity contribution is 0.103. The number of nitriles is 1. The SMILES string of the molecule is CCC(C(C#N)OC)N(P)PP. The van der Waals surface area contributed by atoms with Gasteiger partial charge in [0.2, 0.25) is 0 Å².